The number of likely N-dealkylation sites (tertiary alicyclic amines) is 1. The number of carbonyl (C=O) groups excluding carboxylic acids is 2. The second kappa shape index (κ2) is 7.45. The van der Waals surface area contributed by atoms with Crippen molar-refractivity contribution >= 4 is 39.9 Å². The number of ether oxygens (including phenoxy) is 1. The van der Waals surface area contributed by atoms with E-state index in [4.69, 9.17) is 4.74 Å². The molecule has 0 saturated carbocycles. The van der Waals surface area contributed by atoms with E-state index in [0.29, 0.717) is 16.1 Å². The zero-order valence-electron chi connectivity index (χ0n) is 14.8. The highest BCUT2D eigenvalue weighted by molar-refractivity contribution is 7.14. The van der Waals surface area contributed by atoms with Gasteiger partial charge in [0.05, 0.1) is 10.9 Å². The van der Waals surface area contributed by atoms with Gasteiger partial charge in [0.25, 0.3) is 5.91 Å². The molecule has 0 aliphatic carbocycles. The fourth-order valence-corrected chi connectivity index (χ4v) is 4.38. The molecule has 1 aliphatic heterocycles. The smallest absolute Gasteiger partial charge is 0.265 e. The number of amides is 2. The third-order valence-electron chi connectivity index (χ3n) is 4.59. The van der Waals surface area contributed by atoms with E-state index in [-0.39, 0.29) is 24.5 Å². The number of nitrogens with one attached hydrogen (secondary N) is 2. The lowest BCUT2D eigenvalue weighted by atomic mass is 10.2. The molecule has 1 saturated heterocycles. The second-order valence-corrected chi connectivity index (χ2v) is 7.48. The maximum atomic E-state index is 12.6. The second-order valence-electron chi connectivity index (χ2n) is 6.36. The van der Waals surface area contributed by atoms with Crippen LogP contribution in [0.3, 0.4) is 0 Å². The number of hydrogen-bond acceptors (Lipinski definition) is 6. The van der Waals surface area contributed by atoms with E-state index in [1.54, 1.807) is 24.3 Å². The lowest BCUT2D eigenvalue weighted by Crippen LogP contribution is -2.32. The Morgan fingerprint density at radius 1 is 1.30 bits per heavy atom. The molecule has 0 unspecified atom stereocenters. The average Bonchev–Trinajstić information content (AvgIpc) is 3.40. The Morgan fingerprint density at radius 3 is 3.00 bits per heavy atom. The minimum Gasteiger partial charge on any atom is -0.375 e. The van der Waals surface area contributed by atoms with Crippen molar-refractivity contribution in [1.29, 1.82) is 0 Å². The Labute approximate surface area is 159 Å². The van der Waals surface area contributed by atoms with E-state index >= 15 is 0 Å². The highest BCUT2D eigenvalue weighted by Gasteiger charge is 2.31. The molecule has 27 heavy (non-hydrogen) atoms. The summed E-state index contributed by atoms with van der Waals surface area (Å²) in [7, 11) is 1.52. The minimum atomic E-state index is -0.179. The van der Waals surface area contributed by atoms with Gasteiger partial charge in [-0.05, 0) is 43.2 Å². The molecular formula is C18H19N5O3S. The van der Waals surface area contributed by atoms with Gasteiger partial charge in [0, 0.05) is 24.2 Å². The van der Waals surface area contributed by atoms with Crippen LogP contribution in [-0.4, -0.2) is 52.4 Å². The summed E-state index contributed by atoms with van der Waals surface area (Å²) in [6.45, 7) is 0.809. The van der Waals surface area contributed by atoms with E-state index in [1.807, 2.05) is 11.0 Å². The first-order valence-corrected chi connectivity index (χ1v) is 9.47. The van der Waals surface area contributed by atoms with Gasteiger partial charge in [-0.1, -0.05) is 0 Å². The van der Waals surface area contributed by atoms with E-state index in [1.165, 1.54) is 18.4 Å². The Balaban J connectivity index is 1.48. The fraction of sp³-hybridized carbons (Fsp3) is 0.333. The predicted molar refractivity (Wildman–Crippen MR) is 102 cm³/mol. The van der Waals surface area contributed by atoms with Crippen LogP contribution in [0.15, 0.2) is 30.3 Å². The van der Waals surface area contributed by atoms with E-state index < -0.39 is 0 Å². The van der Waals surface area contributed by atoms with Gasteiger partial charge in [0.2, 0.25) is 5.91 Å². The van der Waals surface area contributed by atoms with Gasteiger partial charge < -0.3 is 15.0 Å². The molecule has 1 aliphatic rings. The maximum Gasteiger partial charge on any atom is 0.265 e. The maximum absolute atomic E-state index is 12.6. The van der Waals surface area contributed by atoms with Crippen molar-refractivity contribution in [2.75, 3.05) is 25.6 Å². The Morgan fingerprint density at radius 2 is 2.15 bits per heavy atom. The van der Waals surface area contributed by atoms with E-state index in [9.17, 15) is 9.59 Å². The van der Waals surface area contributed by atoms with Crippen molar-refractivity contribution in [2.24, 2.45) is 0 Å². The lowest BCUT2D eigenvalue weighted by Gasteiger charge is -2.23. The number of carbonyl (C=O) groups is 2. The molecule has 0 bridgehead atoms. The average molecular weight is 385 g/mol. The minimum absolute atomic E-state index is 0.0136. The summed E-state index contributed by atoms with van der Waals surface area (Å²) in [6, 6.07) is 9.12. The van der Waals surface area contributed by atoms with Crippen molar-refractivity contribution in [2.45, 2.75) is 18.9 Å². The molecule has 3 aromatic rings. The fourth-order valence-electron chi connectivity index (χ4n) is 3.33. The Bertz CT molecular complexity index is 982. The van der Waals surface area contributed by atoms with Crippen LogP contribution in [0, 0.1) is 0 Å². The quantitative estimate of drug-likeness (QED) is 0.703. The first-order valence-electron chi connectivity index (χ1n) is 8.66. The SMILES string of the molecule is COCC(=O)N1CCC[C@H]1c1ccc(C(=O)Nc2ccc3n[nH]nc3c2)s1. The van der Waals surface area contributed by atoms with Crippen molar-refractivity contribution in [1.82, 2.24) is 20.3 Å². The van der Waals surface area contributed by atoms with Crippen LogP contribution in [0.4, 0.5) is 5.69 Å². The Hall–Kier alpha value is -2.78. The van der Waals surface area contributed by atoms with Crippen LogP contribution in [0.2, 0.25) is 0 Å². The summed E-state index contributed by atoms with van der Waals surface area (Å²) in [4.78, 5) is 28.3. The summed E-state index contributed by atoms with van der Waals surface area (Å²) in [5.74, 6) is -0.192. The van der Waals surface area contributed by atoms with Crippen LogP contribution in [0.5, 0.6) is 0 Å². The number of aromatic nitrogens is 3. The molecule has 1 atom stereocenters. The molecule has 1 fully saturated rings. The van der Waals surface area contributed by atoms with Crippen LogP contribution in [-0.2, 0) is 9.53 Å². The van der Waals surface area contributed by atoms with Gasteiger partial charge in [0.15, 0.2) is 0 Å². The molecular weight excluding hydrogens is 366 g/mol. The molecule has 2 N–H and O–H groups in total. The number of rotatable bonds is 5. The van der Waals surface area contributed by atoms with Gasteiger partial charge in [-0.2, -0.15) is 15.4 Å². The highest BCUT2D eigenvalue weighted by Crippen LogP contribution is 2.36. The molecule has 4 rings (SSSR count). The van der Waals surface area contributed by atoms with Crippen LogP contribution < -0.4 is 5.32 Å². The zero-order valence-corrected chi connectivity index (χ0v) is 15.6. The monoisotopic (exact) mass is 385 g/mol. The van der Waals surface area contributed by atoms with Gasteiger partial charge in [-0.25, -0.2) is 0 Å². The van der Waals surface area contributed by atoms with Gasteiger partial charge in [0.1, 0.15) is 17.6 Å². The number of hydrogen-bond donors (Lipinski definition) is 2. The third-order valence-corrected chi connectivity index (χ3v) is 5.78. The molecule has 140 valence electrons. The van der Waals surface area contributed by atoms with Gasteiger partial charge in [-0.3, -0.25) is 9.59 Å². The predicted octanol–water partition coefficient (Wildman–Crippen LogP) is 2.58. The lowest BCUT2D eigenvalue weighted by molar-refractivity contribution is -0.136. The standard InChI is InChI=1S/C18H19N5O3S/c1-26-10-17(24)23-8-2-3-14(23)15-6-7-16(27-15)18(25)19-11-4-5-12-13(9-11)21-22-20-12/h4-7,9,14H,2-3,8,10H2,1H3,(H,19,25)(H,20,21,22)/t14-/m0/s1. The Kier molecular flexibility index (Phi) is 4.87. The molecule has 2 amide bonds. The van der Waals surface area contributed by atoms with Crippen LogP contribution in [0.1, 0.15) is 33.4 Å². The molecule has 2 aromatic heterocycles. The highest BCUT2D eigenvalue weighted by atomic mass is 32.1. The number of thiophene rings is 1. The number of anilines is 1. The largest absolute Gasteiger partial charge is 0.375 e. The molecule has 8 nitrogen and oxygen atoms in total. The molecule has 9 heteroatoms. The summed E-state index contributed by atoms with van der Waals surface area (Å²) in [6.07, 6.45) is 1.86. The molecule has 1 aromatic carbocycles. The summed E-state index contributed by atoms with van der Waals surface area (Å²) in [5.41, 5.74) is 2.10. The summed E-state index contributed by atoms with van der Waals surface area (Å²) in [5, 5.41) is 13.5. The summed E-state index contributed by atoms with van der Waals surface area (Å²) >= 11 is 1.42. The first-order chi connectivity index (χ1) is 13.2. The molecule has 3 heterocycles. The van der Waals surface area contributed by atoms with Crippen LogP contribution in [0.25, 0.3) is 11.0 Å². The number of fused-ring (bicyclic) bond motifs is 1. The van der Waals surface area contributed by atoms with Crippen molar-refractivity contribution < 1.29 is 14.3 Å². The van der Waals surface area contributed by atoms with E-state index in [0.717, 1.165) is 29.8 Å². The van der Waals surface area contributed by atoms with Crippen molar-refractivity contribution in [3.8, 4) is 0 Å². The molecule has 0 radical (unpaired) electrons. The molecule has 0 spiro atoms. The van der Waals surface area contributed by atoms with Crippen molar-refractivity contribution in [3.05, 3.63) is 40.1 Å². The van der Waals surface area contributed by atoms with E-state index in [2.05, 4.69) is 20.7 Å². The summed E-state index contributed by atoms with van der Waals surface area (Å²) < 4.78 is 4.97. The normalized spacial score (nSPS) is 16.8. The third kappa shape index (κ3) is 3.56. The zero-order chi connectivity index (χ0) is 18.8. The number of nitrogens with zero attached hydrogens (tertiary/aromatic N) is 3. The topological polar surface area (TPSA) is 100 Å². The van der Waals surface area contributed by atoms with Crippen molar-refractivity contribution in [3.63, 3.8) is 0 Å². The number of methoxy groups -OCH3 is 1. The van der Waals surface area contributed by atoms with Gasteiger partial charge >= 0.3 is 0 Å². The number of H-pyrrole nitrogens is 1. The van der Waals surface area contributed by atoms with Gasteiger partial charge in [-0.15, -0.1) is 11.3 Å². The number of benzene rings is 1. The first kappa shape index (κ1) is 17.6. The number of aromatic amines is 1. The van der Waals surface area contributed by atoms with Crippen LogP contribution >= 0.6 is 11.3 Å².